The molecule has 18 heavy (non-hydrogen) atoms. The van der Waals surface area contributed by atoms with Gasteiger partial charge in [0, 0.05) is 18.2 Å². The zero-order chi connectivity index (χ0) is 13.8. The van der Waals surface area contributed by atoms with Gasteiger partial charge in [0.05, 0.1) is 11.0 Å². The summed E-state index contributed by atoms with van der Waals surface area (Å²) in [6.07, 6.45) is 0. The number of rotatable bonds is 6. The summed E-state index contributed by atoms with van der Waals surface area (Å²) in [4.78, 5) is 0. The second-order valence-electron chi connectivity index (χ2n) is 4.61. The molecule has 0 bridgehead atoms. The van der Waals surface area contributed by atoms with Gasteiger partial charge in [-0.2, -0.15) is 0 Å². The molecule has 0 aliphatic rings. The van der Waals surface area contributed by atoms with Crippen molar-refractivity contribution in [2.24, 2.45) is 0 Å². The zero-order valence-electron chi connectivity index (χ0n) is 11.0. The molecule has 0 radical (unpaired) electrons. The van der Waals surface area contributed by atoms with Crippen LogP contribution in [0.25, 0.3) is 0 Å². The monoisotopic (exact) mass is 273 g/mol. The molecule has 0 heterocycles. The first-order valence-corrected chi connectivity index (χ1v) is 7.75. The van der Waals surface area contributed by atoms with Gasteiger partial charge >= 0.3 is 0 Å². The molecule has 0 saturated carbocycles. The number of halogens is 1. The van der Waals surface area contributed by atoms with Crippen LogP contribution in [0.15, 0.2) is 24.3 Å². The summed E-state index contributed by atoms with van der Waals surface area (Å²) in [7, 11) is -3.04. The number of hydrogen-bond donors (Lipinski definition) is 1. The predicted molar refractivity (Wildman–Crippen MR) is 71.7 cm³/mol. The first-order valence-electron chi connectivity index (χ1n) is 6.04. The topological polar surface area (TPSA) is 46.2 Å². The molecule has 0 saturated heterocycles. The largest absolute Gasteiger partial charge is 0.309 e. The first-order chi connectivity index (χ1) is 8.34. The van der Waals surface area contributed by atoms with E-state index in [9.17, 15) is 12.8 Å². The van der Waals surface area contributed by atoms with Crippen molar-refractivity contribution < 1.29 is 12.8 Å². The minimum atomic E-state index is -3.04. The fraction of sp³-hybridized carbons (Fsp3) is 0.538. The molecular weight excluding hydrogens is 253 g/mol. The van der Waals surface area contributed by atoms with E-state index in [1.165, 1.54) is 6.07 Å². The van der Waals surface area contributed by atoms with E-state index in [-0.39, 0.29) is 22.9 Å². The van der Waals surface area contributed by atoms with Gasteiger partial charge in [-0.25, -0.2) is 12.8 Å². The SMILES string of the molecule is CC(C)S(=O)(=O)CCN[C@H](C)c1ccccc1F. The van der Waals surface area contributed by atoms with Crippen molar-refractivity contribution in [3.05, 3.63) is 35.6 Å². The normalized spacial score (nSPS) is 13.8. The second-order valence-corrected chi connectivity index (χ2v) is 7.29. The summed E-state index contributed by atoms with van der Waals surface area (Å²) in [5.41, 5.74) is 0.555. The van der Waals surface area contributed by atoms with E-state index in [0.717, 1.165) is 0 Å². The van der Waals surface area contributed by atoms with Gasteiger partial charge in [-0.15, -0.1) is 0 Å². The zero-order valence-corrected chi connectivity index (χ0v) is 11.8. The van der Waals surface area contributed by atoms with E-state index >= 15 is 0 Å². The molecule has 0 fully saturated rings. The van der Waals surface area contributed by atoms with Crippen molar-refractivity contribution in [3.8, 4) is 0 Å². The summed E-state index contributed by atoms with van der Waals surface area (Å²) in [6, 6.07) is 6.30. The van der Waals surface area contributed by atoms with Crippen LogP contribution in [0.2, 0.25) is 0 Å². The van der Waals surface area contributed by atoms with Crippen LogP contribution in [0.4, 0.5) is 4.39 Å². The summed E-state index contributed by atoms with van der Waals surface area (Å²) in [5, 5.41) is 2.66. The number of hydrogen-bond acceptors (Lipinski definition) is 3. The molecule has 1 aromatic carbocycles. The van der Waals surface area contributed by atoms with Crippen molar-refractivity contribution in [1.82, 2.24) is 5.32 Å². The molecule has 1 atom stereocenters. The lowest BCUT2D eigenvalue weighted by Crippen LogP contribution is -2.29. The minimum Gasteiger partial charge on any atom is -0.309 e. The van der Waals surface area contributed by atoms with Gasteiger partial charge in [0.2, 0.25) is 0 Å². The van der Waals surface area contributed by atoms with Gasteiger partial charge < -0.3 is 5.32 Å². The molecule has 0 aromatic heterocycles. The highest BCUT2D eigenvalue weighted by molar-refractivity contribution is 7.92. The Labute approximate surface area is 108 Å². The fourth-order valence-corrected chi connectivity index (χ4v) is 2.46. The van der Waals surface area contributed by atoms with E-state index in [0.29, 0.717) is 12.1 Å². The predicted octanol–water partition coefficient (Wildman–Crippen LogP) is 2.30. The lowest BCUT2D eigenvalue weighted by atomic mass is 10.1. The van der Waals surface area contributed by atoms with Gasteiger partial charge in [-0.05, 0) is 26.8 Å². The maximum atomic E-state index is 13.5. The third-order valence-corrected chi connectivity index (χ3v) is 5.14. The van der Waals surface area contributed by atoms with Crippen LogP contribution in [-0.4, -0.2) is 26.0 Å². The Balaban J connectivity index is 2.53. The minimum absolute atomic E-state index is 0.0729. The van der Waals surface area contributed by atoms with Crippen molar-refractivity contribution in [3.63, 3.8) is 0 Å². The van der Waals surface area contributed by atoms with E-state index in [4.69, 9.17) is 0 Å². The highest BCUT2D eigenvalue weighted by Crippen LogP contribution is 2.15. The highest BCUT2D eigenvalue weighted by Gasteiger charge is 2.16. The molecular formula is C13H20FNO2S. The van der Waals surface area contributed by atoms with Crippen LogP contribution in [0.3, 0.4) is 0 Å². The maximum absolute atomic E-state index is 13.5. The lowest BCUT2D eigenvalue weighted by molar-refractivity contribution is 0.535. The van der Waals surface area contributed by atoms with E-state index in [1.807, 2.05) is 6.92 Å². The van der Waals surface area contributed by atoms with Gasteiger partial charge in [0.1, 0.15) is 5.82 Å². The average Bonchev–Trinajstić information content (AvgIpc) is 2.29. The number of sulfone groups is 1. The van der Waals surface area contributed by atoms with Gasteiger partial charge in [-0.1, -0.05) is 18.2 Å². The molecule has 1 N–H and O–H groups in total. The van der Waals surface area contributed by atoms with Crippen molar-refractivity contribution in [1.29, 1.82) is 0 Å². The molecule has 102 valence electrons. The molecule has 1 aromatic rings. The molecule has 0 aliphatic heterocycles. The molecule has 1 rings (SSSR count). The lowest BCUT2D eigenvalue weighted by Gasteiger charge is -2.15. The van der Waals surface area contributed by atoms with Crippen molar-refractivity contribution in [2.45, 2.75) is 32.1 Å². The van der Waals surface area contributed by atoms with E-state index < -0.39 is 9.84 Å². The molecule has 0 amide bonds. The Morgan fingerprint density at radius 3 is 2.39 bits per heavy atom. The third kappa shape index (κ3) is 4.07. The first kappa shape index (κ1) is 15.1. The molecule has 5 heteroatoms. The second kappa shape index (κ2) is 6.29. The highest BCUT2D eigenvalue weighted by atomic mass is 32.2. The van der Waals surface area contributed by atoms with E-state index in [1.54, 1.807) is 32.0 Å². The average molecular weight is 273 g/mol. The Kier molecular flexibility index (Phi) is 5.28. The Morgan fingerprint density at radius 2 is 1.83 bits per heavy atom. The fourth-order valence-electron chi connectivity index (χ4n) is 1.59. The Morgan fingerprint density at radius 1 is 1.22 bits per heavy atom. The summed E-state index contributed by atoms with van der Waals surface area (Å²) >= 11 is 0. The van der Waals surface area contributed by atoms with Crippen LogP contribution in [0.5, 0.6) is 0 Å². The van der Waals surface area contributed by atoms with Crippen LogP contribution in [-0.2, 0) is 9.84 Å². The van der Waals surface area contributed by atoms with Crippen LogP contribution < -0.4 is 5.32 Å². The molecule has 0 unspecified atom stereocenters. The Bertz CT molecular complexity index is 486. The quantitative estimate of drug-likeness (QED) is 0.865. The summed E-state index contributed by atoms with van der Waals surface area (Å²) < 4.78 is 36.7. The van der Waals surface area contributed by atoms with Crippen LogP contribution in [0, 0.1) is 5.82 Å². The smallest absolute Gasteiger partial charge is 0.153 e. The van der Waals surface area contributed by atoms with Crippen molar-refractivity contribution >= 4 is 9.84 Å². The molecule has 3 nitrogen and oxygen atoms in total. The third-order valence-electron chi connectivity index (χ3n) is 2.93. The van der Waals surface area contributed by atoms with Crippen LogP contribution >= 0.6 is 0 Å². The summed E-state index contributed by atoms with van der Waals surface area (Å²) in [6.45, 7) is 5.47. The number of nitrogens with one attached hydrogen (secondary N) is 1. The van der Waals surface area contributed by atoms with Gasteiger partial charge in [0.25, 0.3) is 0 Å². The molecule has 0 aliphatic carbocycles. The van der Waals surface area contributed by atoms with E-state index in [2.05, 4.69) is 5.32 Å². The van der Waals surface area contributed by atoms with Crippen LogP contribution in [0.1, 0.15) is 32.4 Å². The van der Waals surface area contributed by atoms with Gasteiger partial charge in [-0.3, -0.25) is 0 Å². The number of benzene rings is 1. The standard InChI is InChI=1S/C13H20FNO2S/c1-10(2)18(16,17)9-8-15-11(3)12-6-4-5-7-13(12)14/h4-7,10-11,15H,8-9H2,1-3H3/t11-/m1/s1. The molecule has 0 spiro atoms. The summed E-state index contributed by atoms with van der Waals surface area (Å²) in [5.74, 6) is -0.201. The Hall–Kier alpha value is -0.940. The van der Waals surface area contributed by atoms with Crippen molar-refractivity contribution in [2.75, 3.05) is 12.3 Å². The van der Waals surface area contributed by atoms with Gasteiger partial charge in [0.15, 0.2) is 9.84 Å². The maximum Gasteiger partial charge on any atom is 0.153 e.